The fourth-order valence-corrected chi connectivity index (χ4v) is 7.29. The topological polar surface area (TPSA) is 87.7 Å². The van der Waals surface area contributed by atoms with Crippen molar-refractivity contribution in [3.63, 3.8) is 0 Å². The van der Waals surface area contributed by atoms with Gasteiger partial charge in [0.15, 0.2) is 0 Å². The molecule has 1 aromatic carbocycles. The van der Waals surface area contributed by atoms with Crippen LogP contribution < -0.4 is 10.6 Å². The molecule has 6 rings (SSSR count). The van der Waals surface area contributed by atoms with Crippen LogP contribution in [-0.2, 0) is 25.7 Å². The van der Waals surface area contributed by atoms with E-state index in [-0.39, 0.29) is 29.8 Å². The molecule has 5 aliphatic rings. The molecule has 7 heteroatoms. The first-order valence-corrected chi connectivity index (χ1v) is 13.9. The summed E-state index contributed by atoms with van der Waals surface area (Å²) in [6, 6.07) is 9.26. The summed E-state index contributed by atoms with van der Waals surface area (Å²) in [7, 11) is 0. The fraction of sp³-hybridized carbons (Fsp3) is 0.621. The number of likely N-dealkylation sites (tertiary alicyclic amines) is 1. The second kappa shape index (κ2) is 9.66. The maximum absolute atomic E-state index is 14.0. The van der Waals surface area contributed by atoms with Gasteiger partial charge in [-0.1, -0.05) is 81.0 Å². The van der Waals surface area contributed by atoms with E-state index in [1.54, 1.807) is 4.90 Å². The molecule has 192 valence electrons. The van der Waals surface area contributed by atoms with Gasteiger partial charge in [0.2, 0.25) is 17.7 Å². The molecule has 0 unspecified atom stereocenters. The highest BCUT2D eigenvalue weighted by Crippen LogP contribution is 2.55. The summed E-state index contributed by atoms with van der Waals surface area (Å²) < 4.78 is 6.47. The number of ether oxygens (including phenoxy) is 1. The highest BCUT2D eigenvalue weighted by Gasteiger charge is 2.72. The van der Waals surface area contributed by atoms with E-state index in [9.17, 15) is 14.4 Å². The standard InChI is InChI=1S/C29H37N3O4/c33-26(30-20-12-6-2-7-13-20)23-22-16-17-29(36-22)24(23)28(35)32(18-19-10-4-1-5-11-19)25(29)27(34)31-21-14-8-3-9-15-21/h1,4-5,10-11,16-17,20-25H,2-3,6-9,12-15,18H2,(H,30,33)(H,31,34)/t22-,23-,24+,25-,29-/m1/s1. The van der Waals surface area contributed by atoms with Crippen LogP contribution in [0.15, 0.2) is 42.5 Å². The largest absolute Gasteiger partial charge is 0.359 e. The highest BCUT2D eigenvalue weighted by atomic mass is 16.5. The summed E-state index contributed by atoms with van der Waals surface area (Å²) in [5.41, 5.74) is -0.136. The van der Waals surface area contributed by atoms with Crippen molar-refractivity contribution in [3.05, 3.63) is 48.0 Å². The molecule has 0 aromatic heterocycles. The average molecular weight is 492 g/mol. The zero-order chi connectivity index (χ0) is 24.7. The van der Waals surface area contributed by atoms with Crippen LogP contribution in [0, 0.1) is 11.8 Å². The number of nitrogens with one attached hydrogen (secondary N) is 2. The van der Waals surface area contributed by atoms with Crippen molar-refractivity contribution >= 4 is 17.7 Å². The van der Waals surface area contributed by atoms with Crippen molar-refractivity contribution in [1.29, 1.82) is 0 Å². The maximum Gasteiger partial charge on any atom is 0.246 e. The second-order valence-corrected chi connectivity index (χ2v) is 11.3. The lowest BCUT2D eigenvalue weighted by Crippen LogP contribution is -2.56. The molecule has 3 aliphatic heterocycles. The van der Waals surface area contributed by atoms with Gasteiger partial charge in [-0.2, -0.15) is 0 Å². The van der Waals surface area contributed by atoms with Gasteiger partial charge in [0, 0.05) is 18.6 Å². The van der Waals surface area contributed by atoms with E-state index >= 15 is 0 Å². The molecule has 7 nitrogen and oxygen atoms in total. The van der Waals surface area contributed by atoms with Gasteiger partial charge in [-0.25, -0.2) is 0 Å². The highest BCUT2D eigenvalue weighted by molar-refractivity contribution is 6.00. The van der Waals surface area contributed by atoms with Crippen molar-refractivity contribution in [3.8, 4) is 0 Å². The average Bonchev–Trinajstić information content (AvgIpc) is 3.53. The summed E-state index contributed by atoms with van der Waals surface area (Å²) in [5.74, 6) is -1.70. The van der Waals surface area contributed by atoms with Gasteiger partial charge in [0.1, 0.15) is 11.6 Å². The number of hydrogen-bond donors (Lipinski definition) is 2. The summed E-state index contributed by atoms with van der Waals surface area (Å²) in [4.78, 5) is 43.1. The van der Waals surface area contributed by atoms with Crippen LogP contribution in [0.4, 0.5) is 0 Å². The third-order valence-electron chi connectivity index (χ3n) is 9.02. The SMILES string of the molecule is O=C(NC1CCCCC1)[C@H]1[C@H]2C(=O)N(Cc3ccccc3)[C@H](C(=O)NC3CCCCC3)[C@@]23C=C[C@H]1O3. The Morgan fingerprint density at radius 1 is 0.889 bits per heavy atom. The molecule has 3 heterocycles. The lowest BCUT2D eigenvalue weighted by atomic mass is 9.74. The predicted octanol–water partition coefficient (Wildman–Crippen LogP) is 3.24. The second-order valence-electron chi connectivity index (χ2n) is 11.3. The normalized spacial score (nSPS) is 34.1. The third kappa shape index (κ3) is 4.05. The lowest BCUT2D eigenvalue weighted by Gasteiger charge is -2.34. The van der Waals surface area contributed by atoms with Gasteiger partial charge < -0.3 is 20.3 Å². The number of fused-ring (bicyclic) bond motifs is 1. The first-order valence-electron chi connectivity index (χ1n) is 13.9. The molecule has 2 bridgehead atoms. The zero-order valence-corrected chi connectivity index (χ0v) is 20.9. The molecule has 2 saturated heterocycles. The Morgan fingerprint density at radius 2 is 1.50 bits per heavy atom. The molecule has 36 heavy (non-hydrogen) atoms. The van der Waals surface area contributed by atoms with Crippen molar-refractivity contribution in [2.75, 3.05) is 0 Å². The van der Waals surface area contributed by atoms with E-state index in [0.29, 0.717) is 6.54 Å². The number of carbonyl (C=O) groups excluding carboxylic acids is 3. The van der Waals surface area contributed by atoms with E-state index < -0.39 is 29.6 Å². The van der Waals surface area contributed by atoms with Crippen LogP contribution in [0.2, 0.25) is 0 Å². The van der Waals surface area contributed by atoms with Gasteiger partial charge in [-0.3, -0.25) is 14.4 Å². The van der Waals surface area contributed by atoms with Crippen molar-refractivity contribution in [1.82, 2.24) is 15.5 Å². The summed E-state index contributed by atoms with van der Waals surface area (Å²) in [6.45, 7) is 0.319. The summed E-state index contributed by atoms with van der Waals surface area (Å²) in [6.07, 6.45) is 14.1. The van der Waals surface area contributed by atoms with Gasteiger partial charge in [0.25, 0.3) is 0 Å². The maximum atomic E-state index is 14.0. The Labute approximate surface area is 213 Å². The monoisotopic (exact) mass is 491 g/mol. The molecule has 2 N–H and O–H groups in total. The van der Waals surface area contributed by atoms with E-state index in [2.05, 4.69) is 10.6 Å². The number of benzene rings is 1. The van der Waals surface area contributed by atoms with Crippen LogP contribution in [-0.4, -0.2) is 52.5 Å². The van der Waals surface area contributed by atoms with Crippen LogP contribution in [0.5, 0.6) is 0 Å². The molecule has 5 atom stereocenters. The van der Waals surface area contributed by atoms with Gasteiger partial charge in [-0.15, -0.1) is 0 Å². The molecular formula is C29H37N3O4. The Bertz CT molecular complexity index is 1030. The van der Waals surface area contributed by atoms with Crippen molar-refractivity contribution < 1.29 is 19.1 Å². The van der Waals surface area contributed by atoms with E-state index in [1.807, 2.05) is 42.5 Å². The van der Waals surface area contributed by atoms with E-state index in [0.717, 1.165) is 56.9 Å². The number of carbonyl (C=O) groups is 3. The number of hydrogen-bond acceptors (Lipinski definition) is 4. The third-order valence-corrected chi connectivity index (χ3v) is 9.02. The first kappa shape index (κ1) is 23.7. The smallest absolute Gasteiger partial charge is 0.246 e. The number of amides is 3. The van der Waals surface area contributed by atoms with Gasteiger partial charge in [0.05, 0.1) is 17.9 Å². The number of nitrogens with zero attached hydrogens (tertiary/aromatic N) is 1. The Hall–Kier alpha value is -2.67. The van der Waals surface area contributed by atoms with Crippen LogP contribution in [0.25, 0.3) is 0 Å². The molecule has 0 radical (unpaired) electrons. The molecule has 3 amide bonds. The number of rotatable bonds is 6. The van der Waals surface area contributed by atoms with Crippen LogP contribution in [0.1, 0.15) is 69.8 Å². The predicted molar refractivity (Wildman–Crippen MR) is 135 cm³/mol. The Kier molecular flexibility index (Phi) is 6.36. The lowest BCUT2D eigenvalue weighted by molar-refractivity contribution is -0.142. The molecule has 4 fully saturated rings. The minimum absolute atomic E-state index is 0.107. The van der Waals surface area contributed by atoms with Gasteiger partial charge in [-0.05, 0) is 31.2 Å². The quantitative estimate of drug-likeness (QED) is 0.598. The molecule has 1 spiro atoms. The molecule has 2 aliphatic carbocycles. The van der Waals surface area contributed by atoms with Crippen molar-refractivity contribution in [2.24, 2.45) is 11.8 Å². The van der Waals surface area contributed by atoms with Crippen LogP contribution in [0.3, 0.4) is 0 Å². The minimum Gasteiger partial charge on any atom is -0.359 e. The first-order chi connectivity index (χ1) is 17.6. The van der Waals surface area contributed by atoms with E-state index in [1.165, 1.54) is 12.8 Å². The van der Waals surface area contributed by atoms with Crippen molar-refractivity contribution in [2.45, 2.75) is 101 Å². The summed E-state index contributed by atoms with van der Waals surface area (Å²) >= 11 is 0. The zero-order valence-electron chi connectivity index (χ0n) is 20.9. The molecular weight excluding hydrogens is 454 g/mol. The van der Waals surface area contributed by atoms with Gasteiger partial charge >= 0.3 is 0 Å². The Balaban J connectivity index is 1.30. The summed E-state index contributed by atoms with van der Waals surface area (Å²) in [5, 5.41) is 6.48. The molecule has 1 aromatic rings. The Morgan fingerprint density at radius 3 is 2.14 bits per heavy atom. The molecule has 2 saturated carbocycles. The van der Waals surface area contributed by atoms with Crippen LogP contribution >= 0.6 is 0 Å². The fourth-order valence-electron chi connectivity index (χ4n) is 7.29. The van der Waals surface area contributed by atoms with E-state index in [4.69, 9.17) is 4.74 Å². The minimum atomic E-state index is -1.09.